The molecule has 6 heteroatoms. The first-order valence-electron chi connectivity index (χ1n) is 6.15. The summed E-state index contributed by atoms with van der Waals surface area (Å²) in [4.78, 5) is 22.0. The molecule has 0 aliphatic carbocycles. The van der Waals surface area contributed by atoms with Crippen LogP contribution in [-0.2, 0) is 9.59 Å². The Bertz CT molecular complexity index is 591. The van der Waals surface area contributed by atoms with Crippen LogP contribution < -0.4 is 5.32 Å². The number of rotatable bonds is 5. The summed E-state index contributed by atoms with van der Waals surface area (Å²) < 4.78 is 1.64. The minimum Gasteiger partial charge on any atom is -0.481 e. The van der Waals surface area contributed by atoms with Gasteiger partial charge in [-0.2, -0.15) is 5.10 Å². The first-order chi connectivity index (χ1) is 9.56. The van der Waals surface area contributed by atoms with Crippen molar-refractivity contribution in [2.45, 2.75) is 19.4 Å². The highest BCUT2D eigenvalue weighted by Crippen LogP contribution is 2.18. The standard InChI is InChI=1S/C14H15N3O3/c1-10(18)16-13(7-14(19)20)11-8-15-17(9-11)12-5-3-2-4-6-12/h2-6,8-9,13H,7H2,1H3,(H,16,18)(H,19,20)/t13-/m0/s1. The molecule has 1 aromatic carbocycles. The van der Waals surface area contributed by atoms with Crippen molar-refractivity contribution >= 4 is 11.9 Å². The van der Waals surface area contributed by atoms with Crippen LogP contribution in [0.25, 0.3) is 5.69 Å². The van der Waals surface area contributed by atoms with Crippen molar-refractivity contribution < 1.29 is 14.7 Å². The summed E-state index contributed by atoms with van der Waals surface area (Å²) in [6.45, 7) is 1.36. The number of carboxylic acids is 1. The van der Waals surface area contributed by atoms with Crippen LogP contribution in [0, 0.1) is 0 Å². The molecule has 0 spiro atoms. The van der Waals surface area contributed by atoms with E-state index in [9.17, 15) is 9.59 Å². The number of hydrogen-bond donors (Lipinski definition) is 2. The summed E-state index contributed by atoms with van der Waals surface area (Å²) in [6.07, 6.45) is 3.11. The lowest BCUT2D eigenvalue weighted by molar-refractivity contribution is -0.137. The molecule has 0 unspecified atom stereocenters. The van der Waals surface area contributed by atoms with Crippen molar-refractivity contribution in [2.24, 2.45) is 0 Å². The van der Waals surface area contributed by atoms with E-state index in [0.29, 0.717) is 5.56 Å². The van der Waals surface area contributed by atoms with E-state index in [4.69, 9.17) is 5.11 Å². The minimum atomic E-state index is -0.976. The van der Waals surface area contributed by atoms with Gasteiger partial charge in [0, 0.05) is 18.7 Å². The second-order valence-electron chi connectivity index (χ2n) is 4.40. The fraction of sp³-hybridized carbons (Fsp3) is 0.214. The number of amides is 1. The van der Waals surface area contributed by atoms with E-state index in [-0.39, 0.29) is 12.3 Å². The second kappa shape index (κ2) is 6.01. The Morgan fingerprint density at radius 3 is 2.65 bits per heavy atom. The predicted octanol–water partition coefficient (Wildman–Crippen LogP) is 1.52. The number of nitrogens with one attached hydrogen (secondary N) is 1. The monoisotopic (exact) mass is 273 g/mol. The Morgan fingerprint density at radius 1 is 1.35 bits per heavy atom. The molecule has 0 saturated carbocycles. The Hall–Kier alpha value is -2.63. The molecule has 1 atom stereocenters. The number of carbonyl (C=O) groups excluding carboxylic acids is 1. The lowest BCUT2D eigenvalue weighted by Crippen LogP contribution is -2.27. The Labute approximate surface area is 116 Å². The maximum Gasteiger partial charge on any atom is 0.305 e. The molecule has 0 fully saturated rings. The molecule has 104 valence electrons. The van der Waals surface area contributed by atoms with Crippen LogP contribution in [0.5, 0.6) is 0 Å². The molecular weight excluding hydrogens is 258 g/mol. The predicted molar refractivity (Wildman–Crippen MR) is 72.4 cm³/mol. The number of carboxylic acid groups (broad SMARTS) is 1. The van der Waals surface area contributed by atoms with Crippen molar-refractivity contribution in [3.63, 3.8) is 0 Å². The third-order valence-corrected chi connectivity index (χ3v) is 2.78. The average molecular weight is 273 g/mol. The first kappa shape index (κ1) is 13.8. The van der Waals surface area contributed by atoms with E-state index < -0.39 is 12.0 Å². The lowest BCUT2D eigenvalue weighted by Gasteiger charge is -2.13. The van der Waals surface area contributed by atoms with Gasteiger partial charge in [-0.3, -0.25) is 9.59 Å². The highest BCUT2D eigenvalue weighted by molar-refractivity contribution is 5.75. The first-order valence-corrected chi connectivity index (χ1v) is 6.15. The number of hydrogen-bond acceptors (Lipinski definition) is 3. The summed E-state index contributed by atoms with van der Waals surface area (Å²) in [6, 6.07) is 8.88. The lowest BCUT2D eigenvalue weighted by atomic mass is 10.1. The smallest absolute Gasteiger partial charge is 0.305 e. The van der Waals surface area contributed by atoms with E-state index in [1.807, 2.05) is 30.3 Å². The average Bonchev–Trinajstić information content (AvgIpc) is 2.87. The van der Waals surface area contributed by atoms with E-state index in [1.54, 1.807) is 17.1 Å². The number of benzene rings is 1. The van der Waals surface area contributed by atoms with Crippen LogP contribution in [0.3, 0.4) is 0 Å². The summed E-state index contributed by atoms with van der Waals surface area (Å²) in [5.41, 5.74) is 1.53. The molecule has 20 heavy (non-hydrogen) atoms. The van der Waals surface area contributed by atoms with Crippen LogP contribution in [0.15, 0.2) is 42.7 Å². The summed E-state index contributed by atoms with van der Waals surface area (Å²) in [5.74, 6) is -1.25. The third kappa shape index (κ3) is 3.44. The zero-order chi connectivity index (χ0) is 14.5. The van der Waals surface area contributed by atoms with Crippen molar-refractivity contribution in [3.05, 3.63) is 48.3 Å². The number of carbonyl (C=O) groups is 2. The topological polar surface area (TPSA) is 84.2 Å². The Morgan fingerprint density at radius 2 is 2.05 bits per heavy atom. The SMILES string of the molecule is CC(=O)N[C@@H](CC(=O)O)c1cnn(-c2ccccc2)c1. The van der Waals surface area contributed by atoms with Crippen molar-refractivity contribution in [3.8, 4) is 5.69 Å². The highest BCUT2D eigenvalue weighted by Gasteiger charge is 2.18. The number of nitrogens with zero attached hydrogens (tertiary/aromatic N) is 2. The summed E-state index contributed by atoms with van der Waals surface area (Å²) in [5, 5.41) is 15.7. The van der Waals surface area contributed by atoms with E-state index in [1.165, 1.54) is 6.92 Å². The van der Waals surface area contributed by atoms with Crippen LogP contribution in [0.1, 0.15) is 24.9 Å². The molecule has 2 N–H and O–H groups in total. The molecule has 0 radical (unpaired) electrons. The van der Waals surface area contributed by atoms with Crippen LogP contribution in [0.4, 0.5) is 0 Å². The van der Waals surface area contributed by atoms with Gasteiger partial charge in [-0.05, 0) is 12.1 Å². The molecular formula is C14H15N3O3. The molecule has 1 heterocycles. The Balaban J connectivity index is 2.24. The highest BCUT2D eigenvalue weighted by atomic mass is 16.4. The Kier molecular flexibility index (Phi) is 4.14. The van der Waals surface area contributed by atoms with Gasteiger partial charge in [0.1, 0.15) is 0 Å². The van der Waals surface area contributed by atoms with Gasteiger partial charge in [-0.1, -0.05) is 18.2 Å². The van der Waals surface area contributed by atoms with Crippen LogP contribution >= 0.6 is 0 Å². The minimum absolute atomic E-state index is 0.180. The largest absolute Gasteiger partial charge is 0.481 e. The number of aromatic nitrogens is 2. The normalized spacial score (nSPS) is 11.8. The maximum absolute atomic E-state index is 11.2. The molecule has 0 saturated heterocycles. The maximum atomic E-state index is 11.2. The van der Waals surface area contributed by atoms with E-state index >= 15 is 0 Å². The zero-order valence-electron chi connectivity index (χ0n) is 11.0. The molecule has 2 aromatic rings. The van der Waals surface area contributed by atoms with Gasteiger partial charge < -0.3 is 10.4 Å². The number of para-hydroxylation sites is 1. The van der Waals surface area contributed by atoms with Gasteiger partial charge in [0.2, 0.25) is 5.91 Å². The quantitative estimate of drug-likeness (QED) is 0.865. The van der Waals surface area contributed by atoms with E-state index in [2.05, 4.69) is 10.4 Å². The molecule has 1 amide bonds. The summed E-state index contributed by atoms with van der Waals surface area (Å²) in [7, 11) is 0. The molecule has 0 aliphatic heterocycles. The van der Waals surface area contributed by atoms with Gasteiger partial charge in [-0.25, -0.2) is 4.68 Å². The zero-order valence-corrected chi connectivity index (χ0v) is 11.0. The number of aliphatic carboxylic acids is 1. The molecule has 2 rings (SSSR count). The van der Waals surface area contributed by atoms with Gasteiger partial charge in [0.25, 0.3) is 0 Å². The molecule has 0 aliphatic rings. The van der Waals surface area contributed by atoms with Crippen molar-refractivity contribution in [1.29, 1.82) is 0 Å². The molecule has 6 nitrogen and oxygen atoms in total. The third-order valence-electron chi connectivity index (χ3n) is 2.78. The van der Waals surface area contributed by atoms with Crippen LogP contribution in [0.2, 0.25) is 0 Å². The second-order valence-corrected chi connectivity index (χ2v) is 4.40. The van der Waals surface area contributed by atoms with Gasteiger partial charge in [-0.15, -0.1) is 0 Å². The van der Waals surface area contributed by atoms with Gasteiger partial charge in [0.05, 0.1) is 24.3 Å². The fourth-order valence-corrected chi connectivity index (χ4v) is 1.91. The fourth-order valence-electron chi connectivity index (χ4n) is 1.91. The van der Waals surface area contributed by atoms with Crippen molar-refractivity contribution in [2.75, 3.05) is 0 Å². The van der Waals surface area contributed by atoms with Crippen LogP contribution in [-0.4, -0.2) is 26.8 Å². The summed E-state index contributed by atoms with van der Waals surface area (Å²) >= 11 is 0. The van der Waals surface area contributed by atoms with Gasteiger partial charge in [0.15, 0.2) is 0 Å². The van der Waals surface area contributed by atoms with Gasteiger partial charge >= 0.3 is 5.97 Å². The molecule has 0 bridgehead atoms. The molecule has 1 aromatic heterocycles. The van der Waals surface area contributed by atoms with E-state index in [0.717, 1.165) is 5.69 Å². The van der Waals surface area contributed by atoms with Crippen molar-refractivity contribution in [1.82, 2.24) is 15.1 Å².